The molecule has 0 radical (unpaired) electrons. The van der Waals surface area contributed by atoms with Crippen LogP contribution in [-0.2, 0) is 16.0 Å². The summed E-state index contributed by atoms with van der Waals surface area (Å²) in [6, 6.07) is 21.5. The number of esters is 1. The van der Waals surface area contributed by atoms with Crippen LogP contribution >= 0.6 is 23.2 Å². The van der Waals surface area contributed by atoms with E-state index in [1.807, 2.05) is 54.6 Å². The summed E-state index contributed by atoms with van der Waals surface area (Å²) in [5.74, 6) is -0.944. The number of hydrogen-bond donors (Lipinski definition) is 1. The van der Waals surface area contributed by atoms with E-state index in [2.05, 4.69) is 5.32 Å². The molecule has 1 amide bonds. The fourth-order valence-electron chi connectivity index (χ4n) is 3.76. The maximum Gasteiger partial charge on any atom is 0.328 e. The molecule has 4 aromatic carbocycles. The molecule has 0 saturated heterocycles. The third-order valence-corrected chi connectivity index (χ3v) is 5.97. The number of ether oxygens (including phenoxy) is 1. The van der Waals surface area contributed by atoms with Crippen molar-refractivity contribution in [3.8, 4) is 0 Å². The molecule has 4 nitrogen and oxygen atoms in total. The summed E-state index contributed by atoms with van der Waals surface area (Å²) >= 11 is 12.6. The Labute approximate surface area is 189 Å². The molecular formula is C25H19Cl2NO3. The Kier molecular flexibility index (Phi) is 6.12. The number of benzene rings is 4. The van der Waals surface area contributed by atoms with Crippen LogP contribution in [0.25, 0.3) is 21.5 Å². The minimum atomic E-state index is -0.951. The van der Waals surface area contributed by atoms with E-state index < -0.39 is 12.0 Å². The highest BCUT2D eigenvalue weighted by Crippen LogP contribution is 2.29. The molecule has 0 heterocycles. The summed E-state index contributed by atoms with van der Waals surface area (Å²) in [5, 5.41) is 7.17. The van der Waals surface area contributed by atoms with Crippen molar-refractivity contribution in [2.24, 2.45) is 0 Å². The van der Waals surface area contributed by atoms with E-state index in [-0.39, 0.29) is 12.3 Å². The van der Waals surface area contributed by atoms with Crippen LogP contribution in [0.1, 0.15) is 15.9 Å². The Morgan fingerprint density at radius 3 is 1.97 bits per heavy atom. The van der Waals surface area contributed by atoms with Crippen molar-refractivity contribution in [3.05, 3.63) is 94.0 Å². The first-order valence-corrected chi connectivity index (χ1v) is 10.5. The highest BCUT2D eigenvalue weighted by atomic mass is 35.5. The van der Waals surface area contributed by atoms with Crippen LogP contribution in [0.15, 0.2) is 72.8 Å². The molecule has 0 aliphatic rings. The number of rotatable bonds is 5. The molecule has 31 heavy (non-hydrogen) atoms. The zero-order valence-electron chi connectivity index (χ0n) is 16.7. The molecule has 0 aromatic heterocycles. The van der Waals surface area contributed by atoms with Gasteiger partial charge in [-0.25, -0.2) is 4.79 Å². The number of amides is 1. The van der Waals surface area contributed by atoms with Gasteiger partial charge in [0.05, 0.1) is 12.7 Å². The molecule has 0 aliphatic carbocycles. The molecule has 0 saturated carbocycles. The van der Waals surface area contributed by atoms with Crippen LogP contribution in [-0.4, -0.2) is 25.0 Å². The van der Waals surface area contributed by atoms with Gasteiger partial charge in [0.2, 0.25) is 0 Å². The van der Waals surface area contributed by atoms with E-state index in [0.29, 0.717) is 21.2 Å². The van der Waals surface area contributed by atoms with Gasteiger partial charge in [0.25, 0.3) is 5.91 Å². The largest absolute Gasteiger partial charge is 0.467 e. The molecular weight excluding hydrogens is 433 g/mol. The first-order valence-electron chi connectivity index (χ1n) is 9.71. The first-order chi connectivity index (χ1) is 15.0. The molecule has 0 aliphatic heterocycles. The highest BCUT2D eigenvalue weighted by molar-refractivity contribution is 6.36. The van der Waals surface area contributed by atoms with E-state index in [1.54, 1.807) is 18.2 Å². The molecule has 4 rings (SSSR count). The van der Waals surface area contributed by atoms with Crippen LogP contribution in [0.5, 0.6) is 0 Å². The maximum atomic E-state index is 13.5. The Hall–Kier alpha value is -3.08. The first kappa shape index (κ1) is 21.2. The number of halogens is 2. The van der Waals surface area contributed by atoms with Gasteiger partial charge >= 0.3 is 5.97 Å². The van der Waals surface area contributed by atoms with Crippen LogP contribution in [0, 0.1) is 0 Å². The lowest BCUT2D eigenvalue weighted by Gasteiger charge is -2.19. The zero-order chi connectivity index (χ0) is 22.0. The normalized spacial score (nSPS) is 12.0. The van der Waals surface area contributed by atoms with Crippen molar-refractivity contribution in [3.63, 3.8) is 0 Å². The van der Waals surface area contributed by atoms with E-state index in [9.17, 15) is 9.59 Å². The van der Waals surface area contributed by atoms with Crippen molar-refractivity contribution in [2.75, 3.05) is 7.11 Å². The summed E-state index contributed by atoms with van der Waals surface area (Å²) in [7, 11) is 1.28. The lowest BCUT2D eigenvalue weighted by Crippen LogP contribution is -2.43. The minimum absolute atomic E-state index is 0.111. The fraction of sp³-hybridized carbons (Fsp3) is 0.120. The van der Waals surface area contributed by atoms with Crippen molar-refractivity contribution >= 4 is 56.6 Å². The summed E-state index contributed by atoms with van der Waals surface area (Å²) in [6.45, 7) is 0. The van der Waals surface area contributed by atoms with Crippen LogP contribution < -0.4 is 5.32 Å². The number of methoxy groups -OCH3 is 1. The van der Waals surface area contributed by atoms with Gasteiger partial charge in [0.1, 0.15) is 6.04 Å². The summed E-state index contributed by atoms with van der Waals surface area (Å²) in [4.78, 5) is 26.0. The van der Waals surface area contributed by atoms with Gasteiger partial charge in [0.15, 0.2) is 0 Å². The summed E-state index contributed by atoms with van der Waals surface area (Å²) in [5.41, 5.74) is 1.08. The number of nitrogens with one attached hydrogen (secondary N) is 1. The van der Waals surface area contributed by atoms with Gasteiger partial charge in [-0.15, -0.1) is 0 Å². The second-order valence-electron chi connectivity index (χ2n) is 7.15. The van der Waals surface area contributed by atoms with Gasteiger partial charge in [0, 0.05) is 16.5 Å². The number of hydrogen-bond acceptors (Lipinski definition) is 3. The smallest absolute Gasteiger partial charge is 0.328 e. The van der Waals surface area contributed by atoms with Crippen molar-refractivity contribution in [2.45, 2.75) is 12.5 Å². The number of carbonyl (C=O) groups excluding carboxylic acids is 2. The molecule has 156 valence electrons. The van der Waals surface area contributed by atoms with Gasteiger partial charge < -0.3 is 10.1 Å². The molecule has 0 spiro atoms. The van der Waals surface area contributed by atoms with E-state index >= 15 is 0 Å². The minimum Gasteiger partial charge on any atom is -0.467 e. The summed E-state index contributed by atoms with van der Waals surface area (Å²) < 4.78 is 4.94. The highest BCUT2D eigenvalue weighted by Gasteiger charge is 2.26. The van der Waals surface area contributed by atoms with E-state index in [1.165, 1.54) is 7.11 Å². The monoisotopic (exact) mass is 451 g/mol. The average molecular weight is 452 g/mol. The zero-order valence-corrected chi connectivity index (χ0v) is 18.2. The van der Waals surface area contributed by atoms with Crippen LogP contribution in [0.3, 0.4) is 0 Å². The average Bonchev–Trinajstić information content (AvgIpc) is 2.78. The topological polar surface area (TPSA) is 55.4 Å². The lowest BCUT2D eigenvalue weighted by atomic mass is 9.95. The predicted molar refractivity (Wildman–Crippen MR) is 125 cm³/mol. The van der Waals surface area contributed by atoms with Crippen molar-refractivity contribution < 1.29 is 14.3 Å². The third kappa shape index (κ3) is 4.22. The Morgan fingerprint density at radius 1 is 0.871 bits per heavy atom. The van der Waals surface area contributed by atoms with Gasteiger partial charge in [-0.2, -0.15) is 0 Å². The van der Waals surface area contributed by atoms with Gasteiger partial charge in [-0.1, -0.05) is 77.8 Å². The molecule has 0 unspecified atom stereocenters. The SMILES string of the molecule is COC(=O)[C@H](Cc1c(Cl)cccc1Cl)NC(=O)c1c2ccccc2cc2ccccc12. The van der Waals surface area contributed by atoms with E-state index in [0.717, 1.165) is 21.5 Å². The van der Waals surface area contributed by atoms with Crippen LogP contribution in [0.2, 0.25) is 10.0 Å². The second kappa shape index (κ2) is 8.96. The second-order valence-corrected chi connectivity index (χ2v) is 7.96. The Bertz CT molecular complexity index is 1230. The van der Waals surface area contributed by atoms with Crippen LogP contribution in [0.4, 0.5) is 0 Å². The Balaban J connectivity index is 1.77. The lowest BCUT2D eigenvalue weighted by molar-refractivity contribution is -0.142. The number of fused-ring (bicyclic) bond motifs is 2. The maximum absolute atomic E-state index is 13.5. The van der Waals surface area contributed by atoms with Crippen molar-refractivity contribution in [1.82, 2.24) is 5.32 Å². The molecule has 4 aromatic rings. The number of carbonyl (C=O) groups is 2. The van der Waals surface area contributed by atoms with Gasteiger partial charge in [-0.3, -0.25) is 4.79 Å². The molecule has 1 atom stereocenters. The standard InChI is InChI=1S/C25H19Cl2NO3/c1-31-25(30)22(14-19-20(26)11-6-12-21(19)27)28-24(29)23-17-9-4-2-7-15(17)13-16-8-3-5-10-18(16)23/h2-13,22H,14H2,1H3,(H,28,29)/t22-/m0/s1. The third-order valence-electron chi connectivity index (χ3n) is 5.26. The van der Waals surface area contributed by atoms with Crippen molar-refractivity contribution in [1.29, 1.82) is 0 Å². The Morgan fingerprint density at radius 2 is 1.42 bits per heavy atom. The molecule has 0 fully saturated rings. The molecule has 1 N–H and O–H groups in total. The molecule has 6 heteroatoms. The van der Waals surface area contributed by atoms with Gasteiger partial charge in [-0.05, 0) is 45.3 Å². The molecule has 0 bridgehead atoms. The predicted octanol–water partition coefficient (Wildman–Crippen LogP) is 5.81. The summed E-state index contributed by atoms with van der Waals surface area (Å²) in [6.07, 6.45) is 0.111. The fourth-order valence-corrected chi connectivity index (χ4v) is 4.31. The van der Waals surface area contributed by atoms with E-state index in [4.69, 9.17) is 27.9 Å². The quantitative estimate of drug-likeness (QED) is 0.307.